The number of rotatable bonds is 4. The largest absolute Gasteiger partial charge is 0.311 e. The molecule has 1 aromatic carbocycles. The van der Waals surface area contributed by atoms with Gasteiger partial charge in [0.15, 0.2) is 0 Å². The second-order valence-electron chi connectivity index (χ2n) is 7.12. The van der Waals surface area contributed by atoms with Crippen LogP contribution in [0, 0.1) is 5.41 Å². The molecule has 1 N–H and O–H groups in total. The molecule has 0 radical (unpaired) electrons. The lowest BCUT2D eigenvalue weighted by Gasteiger charge is -2.45. The van der Waals surface area contributed by atoms with E-state index < -0.39 is 0 Å². The van der Waals surface area contributed by atoms with Gasteiger partial charge in [-0.05, 0) is 23.8 Å². The molecular formula is C18H30N2. The fourth-order valence-corrected chi connectivity index (χ4v) is 3.03. The summed E-state index contributed by atoms with van der Waals surface area (Å²) >= 11 is 0. The Morgan fingerprint density at radius 2 is 1.90 bits per heavy atom. The molecule has 0 amide bonds. The lowest BCUT2D eigenvalue weighted by Crippen LogP contribution is -2.60. The first-order chi connectivity index (χ1) is 9.50. The van der Waals surface area contributed by atoms with Crippen LogP contribution in [-0.2, 0) is 6.42 Å². The summed E-state index contributed by atoms with van der Waals surface area (Å²) in [5.74, 6) is 0. The summed E-state index contributed by atoms with van der Waals surface area (Å²) in [6.07, 6.45) is 2.40. The minimum atomic E-state index is 0.337. The Morgan fingerprint density at radius 3 is 2.50 bits per heavy atom. The van der Waals surface area contributed by atoms with Crippen molar-refractivity contribution >= 4 is 0 Å². The average molecular weight is 274 g/mol. The first-order valence-corrected chi connectivity index (χ1v) is 8.02. The third-order valence-electron chi connectivity index (χ3n) is 4.58. The monoisotopic (exact) mass is 274 g/mol. The van der Waals surface area contributed by atoms with Gasteiger partial charge in [0.2, 0.25) is 0 Å². The summed E-state index contributed by atoms with van der Waals surface area (Å²) in [5.41, 5.74) is 1.79. The summed E-state index contributed by atoms with van der Waals surface area (Å²) in [6, 6.07) is 12.1. The zero-order valence-electron chi connectivity index (χ0n) is 13.5. The molecule has 20 heavy (non-hydrogen) atoms. The first kappa shape index (κ1) is 15.5. The third-order valence-corrected chi connectivity index (χ3v) is 4.58. The summed E-state index contributed by atoms with van der Waals surface area (Å²) in [5, 5.41) is 3.75. The Hall–Kier alpha value is -0.860. The van der Waals surface area contributed by atoms with Gasteiger partial charge in [0.25, 0.3) is 0 Å². The first-order valence-electron chi connectivity index (χ1n) is 8.02. The van der Waals surface area contributed by atoms with Crippen molar-refractivity contribution in [1.29, 1.82) is 0 Å². The van der Waals surface area contributed by atoms with E-state index in [4.69, 9.17) is 0 Å². The predicted molar refractivity (Wildman–Crippen MR) is 87.0 cm³/mol. The van der Waals surface area contributed by atoms with Crippen molar-refractivity contribution in [2.45, 2.75) is 52.6 Å². The van der Waals surface area contributed by atoms with E-state index in [9.17, 15) is 0 Å². The van der Waals surface area contributed by atoms with Crippen molar-refractivity contribution in [2.24, 2.45) is 5.41 Å². The summed E-state index contributed by atoms with van der Waals surface area (Å²) in [6.45, 7) is 12.8. The molecule has 1 saturated heterocycles. The van der Waals surface area contributed by atoms with Crippen LogP contribution in [0.4, 0.5) is 0 Å². The maximum absolute atomic E-state index is 3.75. The van der Waals surface area contributed by atoms with Gasteiger partial charge in [-0.2, -0.15) is 0 Å². The van der Waals surface area contributed by atoms with Crippen molar-refractivity contribution in [3.05, 3.63) is 35.9 Å². The van der Waals surface area contributed by atoms with E-state index in [1.807, 2.05) is 0 Å². The molecule has 2 rings (SSSR count). The van der Waals surface area contributed by atoms with E-state index >= 15 is 0 Å². The van der Waals surface area contributed by atoms with E-state index in [2.05, 4.69) is 68.2 Å². The second-order valence-corrected chi connectivity index (χ2v) is 7.12. The maximum atomic E-state index is 3.75. The summed E-state index contributed by atoms with van der Waals surface area (Å²) < 4.78 is 0. The van der Waals surface area contributed by atoms with Crippen LogP contribution in [0.3, 0.4) is 0 Å². The molecule has 0 saturated carbocycles. The molecule has 1 aliphatic heterocycles. The average Bonchev–Trinajstić information content (AvgIpc) is 2.45. The van der Waals surface area contributed by atoms with E-state index in [1.54, 1.807) is 0 Å². The van der Waals surface area contributed by atoms with E-state index in [1.165, 1.54) is 25.1 Å². The van der Waals surface area contributed by atoms with E-state index in [-0.39, 0.29) is 0 Å². The van der Waals surface area contributed by atoms with Crippen LogP contribution in [0.1, 0.15) is 39.7 Å². The highest BCUT2D eigenvalue weighted by molar-refractivity contribution is 5.15. The second kappa shape index (κ2) is 6.73. The van der Waals surface area contributed by atoms with Crippen molar-refractivity contribution in [1.82, 2.24) is 10.2 Å². The molecule has 2 unspecified atom stereocenters. The fourth-order valence-electron chi connectivity index (χ4n) is 3.03. The number of benzene rings is 1. The van der Waals surface area contributed by atoms with Crippen LogP contribution in [-0.4, -0.2) is 36.6 Å². The van der Waals surface area contributed by atoms with Crippen LogP contribution >= 0.6 is 0 Å². The number of nitrogens with zero attached hydrogens (tertiary/aromatic N) is 1. The van der Waals surface area contributed by atoms with Gasteiger partial charge in [-0.15, -0.1) is 0 Å². The maximum Gasteiger partial charge on any atom is 0.0244 e. The van der Waals surface area contributed by atoms with Gasteiger partial charge in [0.1, 0.15) is 0 Å². The van der Waals surface area contributed by atoms with Gasteiger partial charge < -0.3 is 5.32 Å². The fraction of sp³-hybridized carbons (Fsp3) is 0.667. The van der Waals surface area contributed by atoms with Crippen LogP contribution in [0.25, 0.3) is 0 Å². The van der Waals surface area contributed by atoms with E-state index in [0.717, 1.165) is 13.0 Å². The molecule has 1 aliphatic rings. The quantitative estimate of drug-likeness (QED) is 0.906. The van der Waals surface area contributed by atoms with Gasteiger partial charge in [-0.3, -0.25) is 4.90 Å². The molecule has 1 aromatic rings. The lowest BCUT2D eigenvalue weighted by molar-refractivity contribution is 0.0846. The number of nitrogens with one attached hydrogen (secondary N) is 1. The number of hydrogen-bond donors (Lipinski definition) is 1. The minimum Gasteiger partial charge on any atom is -0.311 e. The Labute approximate surface area is 124 Å². The molecule has 0 aromatic heterocycles. The van der Waals surface area contributed by atoms with Crippen molar-refractivity contribution in [2.75, 3.05) is 19.6 Å². The molecule has 2 heteroatoms. The molecule has 2 nitrogen and oxygen atoms in total. The van der Waals surface area contributed by atoms with Crippen molar-refractivity contribution in [3.63, 3.8) is 0 Å². The van der Waals surface area contributed by atoms with Gasteiger partial charge in [0, 0.05) is 31.7 Å². The molecule has 1 fully saturated rings. The summed E-state index contributed by atoms with van der Waals surface area (Å²) in [7, 11) is 0. The minimum absolute atomic E-state index is 0.337. The lowest BCUT2D eigenvalue weighted by atomic mass is 9.84. The molecule has 2 atom stereocenters. The molecule has 0 bridgehead atoms. The smallest absolute Gasteiger partial charge is 0.0244 e. The van der Waals surface area contributed by atoms with Crippen LogP contribution in [0.15, 0.2) is 30.3 Å². The standard InChI is InChI=1S/C18H30N2/c1-5-16-13-19-17(18(2,3)4)14-20(16)12-11-15-9-7-6-8-10-15/h6-10,16-17,19H,5,11-14H2,1-4H3. The summed E-state index contributed by atoms with van der Waals surface area (Å²) in [4.78, 5) is 2.69. The van der Waals surface area contributed by atoms with Gasteiger partial charge >= 0.3 is 0 Å². The molecular weight excluding hydrogens is 244 g/mol. The van der Waals surface area contributed by atoms with Crippen LogP contribution in [0.5, 0.6) is 0 Å². The van der Waals surface area contributed by atoms with Gasteiger partial charge in [-0.25, -0.2) is 0 Å². The molecule has 0 aliphatic carbocycles. The Kier molecular flexibility index (Phi) is 5.22. The van der Waals surface area contributed by atoms with Gasteiger partial charge in [-0.1, -0.05) is 58.0 Å². The van der Waals surface area contributed by atoms with Crippen LogP contribution in [0.2, 0.25) is 0 Å². The highest BCUT2D eigenvalue weighted by Crippen LogP contribution is 2.24. The third kappa shape index (κ3) is 4.07. The zero-order valence-corrected chi connectivity index (χ0v) is 13.5. The molecule has 0 spiro atoms. The molecule has 1 heterocycles. The SMILES string of the molecule is CCC1CNC(C(C)(C)C)CN1CCc1ccccc1. The Morgan fingerprint density at radius 1 is 1.20 bits per heavy atom. The van der Waals surface area contributed by atoms with Crippen molar-refractivity contribution < 1.29 is 0 Å². The highest BCUT2D eigenvalue weighted by Gasteiger charge is 2.32. The van der Waals surface area contributed by atoms with Crippen LogP contribution < -0.4 is 5.32 Å². The van der Waals surface area contributed by atoms with Crippen molar-refractivity contribution in [3.8, 4) is 0 Å². The number of hydrogen-bond acceptors (Lipinski definition) is 2. The highest BCUT2D eigenvalue weighted by atomic mass is 15.2. The van der Waals surface area contributed by atoms with Gasteiger partial charge in [0.05, 0.1) is 0 Å². The van der Waals surface area contributed by atoms with E-state index in [0.29, 0.717) is 17.5 Å². The Balaban J connectivity index is 1.95. The Bertz CT molecular complexity index is 394. The number of piperazine rings is 1. The topological polar surface area (TPSA) is 15.3 Å². The zero-order chi connectivity index (χ0) is 14.6. The molecule has 112 valence electrons. The normalized spacial score (nSPS) is 24.8. The predicted octanol–water partition coefficient (Wildman–Crippen LogP) is 3.33.